The van der Waals surface area contributed by atoms with Crippen LogP contribution in [0.2, 0.25) is 0 Å². The highest BCUT2D eigenvalue weighted by molar-refractivity contribution is 5.96. The van der Waals surface area contributed by atoms with Crippen molar-refractivity contribution in [1.82, 2.24) is 0 Å². The summed E-state index contributed by atoms with van der Waals surface area (Å²) in [6.45, 7) is 1.70. The maximum Gasteiger partial charge on any atom is 0.175 e. The summed E-state index contributed by atoms with van der Waals surface area (Å²) in [6.07, 6.45) is 1.32. The van der Waals surface area contributed by atoms with Crippen LogP contribution in [0.4, 0.5) is 5.69 Å². The van der Waals surface area contributed by atoms with Gasteiger partial charge in [-0.15, -0.1) is 0 Å². The molecule has 0 radical (unpaired) electrons. The van der Waals surface area contributed by atoms with E-state index in [1.165, 1.54) is 22.9 Å². The molecule has 0 amide bonds. The number of rotatable bonds is 3. The Morgan fingerprint density at radius 2 is 1.28 bits per heavy atom. The fraction of sp³-hybridized carbons (Fsp3) is 0.655. The summed E-state index contributed by atoms with van der Waals surface area (Å²) in [5.41, 5.74) is 2.96. The maximum atomic E-state index is 6.51. The zero-order valence-corrected chi connectivity index (χ0v) is 18.9. The molecular formula is C29H31NO2. The molecule has 11 rings (SSSR count). The van der Waals surface area contributed by atoms with Crippen LogP contribution in [0.3, 0.4) is 0 Å². The molecule has 2 aromatic carbocycles. The van der Waals surface area contributed by atoms with Gasteiger partial charge in [-0.05, 0) is 88.5 Å². The molecule has 0 aromatic heterocycles. The summed E-state index contributed by atoms with van der Waals surface area (Å²) in [5, 5.41) is 2.92. The SMILES string of the molecule is CN(C)c1ccc(CC2C3C4C5C2C2C3C3C4C4C5C2C3C42OCCO2)c2ccccc12. The van der Waals surface area contributed by atoms with Crippen molar-refractivity contribution in [2.24, 2.45) is 76.9 Å². The maximum absolute atomic E-state index is 6.51. The summed E-state index contributed by atoms with van der Waals surface area (Å²) in [6, 6.07) is 14.0. The monoisotopic (exact) mass is 425 g/mol. The highest BCUT2D eigenvalue weighted by atomic mass is 16.7. The van der Waals surface area contributed by atoms with E-state index < -0.39 is 0 Å². The number of hydrogen-bond acceptors (Lipinski definition) is 3. The van der Waals surface area contributed by atoms with Crippen LogP contribution < -0.4 is 4.90 Å². The molecule has 3 nitrogen and oxygen atoms in total. The lowest BCUT2D eigenvalue weighted by Crippen LogP contribution is -2.39. The second-order valence-corrected chi connectivity index (χ2v) is 12.8. The van der Waals surface area contributed by atoms with Crippen molar-refractivity contribution in [1.29, 1.82) is 0 Å². The van der Waals surface area contributed by atoms with Crippen molar-refractivity contribution in [2.45, 2.75) is 12.2 Å². The summed E-state index contributed by atoms with van der Waals surface area (Å²) < 4.78 is 13.0. The van der Waals surface area contributed by atoms with E-state index in [4.69, 9.17) is 9.47 Å². The quantitative estimate of drug-likeness (QED) is 0.732. The van der Waals surface area contributed by atoms with Gasteiger partial charge in [0.15, 0.2) is 5.79 Å². The lowest BCUT2D eigenvalue weighted by molar-refractivity contribution is -0.199. The highest BCUT2D eigenvalue weighted by Crippen LogP contribution is 2.95. The van der Waals surface area contributed by atoms with E-state index in [0.717, 1.165) is 90.1 Å². The fourth-order valence-corrected chi connectivity index (χ4v) is 13.0. The molecule has 1 saturated heterocycles. The molecular weight excluding hydrogens is 394 g/mol. The van der Waals surface area contributed by atoms with Crippen LogP contribution in [0.15, 0.2) is 36.4 Å². The Hall–Kier alpha value is -1.58. The molecule has 8 saturated carbocycles. The fourth-order valence-electron chi connectivity index (χ4n) is 13.0. The van der Waals surface area contributed by atoms with Crippen molar-refractivity contribution >= 4 is 16.5 Å². The molecule has 8 atom stereocenters. The Bertz CT molecular complexity index is 1140. The molecule has 8 aliphatic carbocycles. The van der Waals surface area contributed by atoms with E-state index in [0.29, 0.717) is 0 Å². The molecule has 9 fully saturated rings. The summed E-state index contributed by atoms with van der Waals surface area (Å²) in [5.74, 6) is 12.2. The average Bonchev–Trinajstić information content (AvgIpc) is 3.60. The van der Waals surface area contributed by atoms with Gasteiger partial charge in [-0.3, -0.25) is 0 Å². The van der Waals surface area contributed by atoms with Gasteiger partial charge in [0.05, 0.1) is 13.2 Å². The molecule has 4 bridgehead atoms. The van der Waals surface area contributed by atoms with Crippen LogP contribution in [-0.4, -0.2) is 33.1 Å². The Kier molecular flexibility index (Phi) is 2.61. The van der Waals surface area contributed by atoms with Gasteiger partial charge in [-0.2, -0.15) is 0 Å². The zero-order chi connectivity index (χ0) is 20.7. The number of benzene rings is 2. The first kappa shape index (κ1) is 16.9. The molecule has 1 aliphatic heterocycles. The summed E-state index contributed by atoms with van der Waals surface area (Å²) in [4.78, 5) is 2.27. The predicted octanol–water partition coefficient (Wildman–Crippen LogP) is 4.30. The Morgan fingerprint density at radius 3 is 1.84 bits per heavy atom. The topological polar surface area (TPSA) is 21.7 Å². The number of fused-ring (bicyclic) bond motifs is 1. The highest BCUT2D eigenvalue weighted by Gasteiger charge is 2.96. The Balaban J connectivity index is 1.07. The van der Waals surface area contributed by atoms with E-state index in [1.807, 2.05) is 0 Å². The molecule has 32 heavy (non-hydrogen) atoms. The van der Waals surface area contributed by atoms with Crippen molar-refractivity contribution < 1.29 is 9.47 Å². The number of nitrogens with zero attached hydrogens (tertiary/aromatic N) is 1. The minimum atomic E-state index is -0.119. The van der Waals surface area contributed by atoms with Gasteiger partial charge in [0, 0.05) is 37.0 Å². The predicted molar refractivity (Wildman–Crippen MR) is 122 cm³/mol. The smallest absolute Gasteiger partial charge is 0.175 e. The van der Waals surface area contributed by atoms with E-state index in [-0.39, 0.29) is 5.79 Å². The van der Waals surface area contributed by atoms with E-state index in [2.05, 4.69) is 55.4 Å². The van der Waals surface area contributed by atoms with Crippen LogP contribution >= 0.6 is 0 Å². The van der Waals surface area contributed by atoms with E-state index in [9.17, 15) is 0 Å². The number of hydrogen-bond donors (Lipinski definition) is 0. The van der Waals surface area contributed by atoms with Crippen molar-refractivity contribution in [3.8, 4) is 0 Å². The third kappa shape index (κ3) is 1.40. The van der Waals surface area contributed by atoms with Crippen molar-refractivity contribution in [3.05, 3.63) is 42.0 Å². The second-order valence-electron chi connectivity index (χ2n) is 12.8. The average molecular weight is 426 g/mol. The largest absolute Gasteiger partial charge is 0.377 e. The Labute approximate surface area is 189 Å². The first-order valence-electron chi connectivity index (χ1n) is 13.2. The standard InChI is InChI=1S/C29H31NO2/c1-30(2)16-8-7-12(13-5-3-4-6-14(13)16)11-15-17-19-21-18(15)22-20(17)24-23(19)27-25(21)26(22)28(24)29(27)31-9-10-32-29/h3-8,15,17-28H,9-11H2,1-2H3. The van der Waals surface area contributed by atoms with Crippen LogP contribution in [-0.2, 0) is 15.9 Å². The van der Waals surface area contributed by atoms with E-state index >= 15 is 0 Å². The van der Waals surface area contributed by atoms with Crippen LogP contribution in [0, 0.1) is 76.9 Å². The van der Waals surface area contributed by atoms with Crippen molar-refractivity contribution in [2.75, 3.05) is 32.2 Å². The third-order valence-corrected chi connectivity index (χ3v) is 12.6. The molecule has 0 N–H and O–H groups in total. The molecule has 3 heteroatoms. The molecule has 164 valence electrons. The third-order valence-electron chi connectivity index (χ3n) is 12.6. The molecule has 2 aromatic rings. The van der Waals surface area contributed by atoms with Crippen LogP contribution in [0.1, 0.15) is 5.56 Å². The van der Waals surface area contributed by atoms with Gasteiger partial charge in [-0.25, -0.2) is 0 Å². The lowest BCUT2D eigenvalue weighted by Gasteiger charge is -2.31. The van der Waals surface area contributed by atoms with Crippen molar-refractivity contribution in [3.63, 3.8) is 0 Å². The molecule has 8 unspecified atom stereocenters. The van der Waals surface area contributed by atoms with E-state index in [1.54, 1.807) is 5.56 Å². The first-order valence-corrected chi connectivity index (χ1v) is 13.2. The minimum absolute atomic E-state index is 0.119. The van der Waals surface area contributed by atoms with Gasteiger partial charge >= 0.3 is 0 Å². The molecule has 1 spiro atoms. The first-order chi connectivity index (χ1) is 15.7. The summed E-state index contributed by atoms with van der Waals surface area (Å²) >= 11 is 0. The van der Waals surface area contributed by atoms with Crippen LogP contribution in [0.25, 0.3) is 10.8 Å². The van der Waals surface area contributed by atoms with Gasteiger partial charge < -0.3 is 14.4 Å². The minimum Gasteiger partial charge on any atom is -0.377 e. The Morgan fingerprint density at radius 1 is 0.719 bits per heavy atom. The summed E-state index contributed by atoms with van der Waals surface area (Å²) in [7, 11) is 4.34. The second kappa shape index (κ2) is 4.93. The number of ether oxygens (including phenoxy) is 2. The zero-order valence-electron chi connectivity index (χ0n) is 18.9. The van der Waals surface area contributed by atoms with Gasteiger partial charge in [0.25, 0.3) is 0 Å². The lowest BCUT2D eigenvalue weighted by atomic mass is 9.80. The number of anilines is 1. The molecule has 9 aliphatic rings. The van der Waals surface area contributed by atoms with Crippen LogP contribution in [0.5, 0.6) is 0 Å². The van der Waals surface area contributed by atoms with Gasteiger partial charge in [-0.1, -0.05) is 30.3 Å². The molecule has 1 heterocycles. The van der Waals surface area contributed by atoms with Gasteiger partial charge in [0.2, 0.25) is 0 Å². The van der Waals surface area contributed by atoms with Gasteiger partial charge in [0.1, 0.15) is 0 Å². The normalized spacial score (nSPS) is 54.8.